The van der Waals surface area contributed by atoms with Crippen molar-refractivity contribution in [3.05, 3.63) is 42.5 Å². The Morgan fingerprint density at radius 3 is 2.40 bits per heavy atom. The van der Waals surface area contributed by atoms with Gasteiger partial charge in [-0.05, 0) is 48.2 Å². The number of anilines is 3. The number of morpholine rings is 1. The van der Waals surface area contributed by atoms with Crippen LogP contribution < -0.4 is 16.0 Å². The van der Waals surface area contributed by atoms with Crippen molar-refractivity contribution in [1.29, 1.82) is 0 Å². The fourth-order valence-electron chi connectivity index (χ4n) is 4.56. The molecular weight excluding hydrogens is 374 g/mol. The molecule has 0 spiro atoms. The number of nitrogen functional groups attached to an aromatic ring is 1. The van der Waals surface area contributed by atoms with Gasteiger partial charge >= 0.3 is 0 Å². The standard InChI is InChI=1S/C24H29N5O/c25-24-27-22-11-8-18(16-21(22)23(28-24)26-19-4-2-1-3-5-19)17-6-9-20(10-7-17)29-12-14-30-15-13-29/h6-11,16,19H,1-5,12-15H2,(H3,25,26,27,28). The molecule has 0 amide bonds. The highest BCUT2D eigenvalue weighted by Crippen LogP contribution is 2.31. The third-order valence-corrected chi connectivity index (χ3v) is 6.24. The largest absolute Gasteiger partial charge is 0.378 e. The van der Waals surface area contributed by atoms with Gasteiger partial charge in [0.1, 0.15) is 5.82 Å². The fourth-order valence-corrected chi connectivity index (χ4v) is 4.56. The minimum absolute atomic E-state index is 0.323. The Kier molecular flexibility index (Phi) is 5.41. The lowest BCUT2D eigenvalue weighted by molar-refractivity contribution is 0.122. The van der Waals surface area contributed by atoms with Crippen molar-refractivity contribution in [2.24, 2.45) is 0 Å². The highest BCUT2D eigenvalue weighted by atomic mass is 16.5. The lowest BCUT2D eigenvalue weighted by Gasteiger charge is -2.29. The van der Waals surface area contributed by atoms with E-state index in [1.807, 2.05) is 6.07 Å². The van der Waals surface area contributed by atoms with Crippen molar-refractivity contribution in [2.45, 2.75) is 38.1 Å². The second kappa shape index (κ2) is 8.48. The van der Waals surface area contributed by atoms with Crippen LogP contribution >= 0.6 is 0 Å². The van der Waals surface area contributed by atoms with Crippen LogP contribution in [0.1, 0.15) is 32.1 Å². The van der Waals surface area contributed by atoms with Gasteiger partial charge in [-0.25, -0.2) is 4.98 Å². The number of ether oxygens (including phenoxy) is 1. The molecule has 0 atom stereocenters. The predicted octanol–water partition coefficient (Wildman–Crippen LogP) is 4.46. The molecular formula is C24H29N5O. The summed E-state index contributed by atoms with van der Waals surface area (Å²) in [6.07, 6.45) is 6.26. The molecule has 6 heteroatoms. The van der Waals surface area contributed by atoms with E-state index in [2.05, 4.69) is 56.6 Å². The molecule has 2 aliphatic rings. The number of rotatable bonds is 4. The Balaban J connectivity index is 1.44. The second-order valence-electron chi connectivity index (χ2n) is 8.29. The molecule has 6 nitrogen and oxygen atoms in total. The first-order valence-electron chi connectivity index (χ1n) is 11.0. The van der Waals surface area contributed by atoms with E-state index < -0.39 is 0 Å². The second-order valence-corrected chi connectivity index (χ2v) is 8.29. The molecule has 1 saturated carbocycles. The number of hydrogen-bond acceptors (Lipinski definition) is 6. The van der Waals surface area contributed by atoms with Gasteiger partial charge in [0.2, 0.25) is 5.95 Å². The summed E-state index contributed by atoms with van der Waals surface area (Å²) in [5.41, 5.74) is 10.5. The van der Waals surface area contributed by atoms with Crippen LogP contribution in [0.25, 0.3) is 22.0 Å². The summed E-state index contributed by atoms with van der Waals surface area (Å²) in [6.45, 7) is 3.49. The number of hydrogen-bond donors (Lipinski definition) is 2. The summed E-state index contributed by atoms with van der Waals surface area (Å²) in [6, 6.07) is 15.6. The molecule has 2 heterocycles. The van der Waals surface area contributed by atoms with Gasteiger partial charge in [-0.3, -0.25) is 0 Å². The number of nitrogens with one attached hydrogen (secondary N) is 1. The van der Waals surface area contributed by atoms with Gasteiger partial charge in [0.05, 0.1) is 18.7 Å². The van der Waals surface area contributed by atoms with Crippen LogP contribution in [0.3, 0.4) is 0 Å². The summed E-state index contributed by atoms with van der Waals surface area (Å²) >= 11 is 0. The maximum atomic E-state index is 5.99. The van der Waals surface area contributed by atoms with E-state index in [9.17, 15) is 0 Å². The van der Waals surface area contributed by atoms with Crippen molar-refractivity contribution in [3.63, 3.8) is 0 Å². The van der Waals surface area contributed by atoms with Gasteiger partial charge in [0.15, 0.2) is 0 Å². The highest BCUT2D eigenvalue weighted by molar-refractivity contribution is 5.93. The van der Waals surface area contributed by atoms with Crippen molar-refractivity contribution < 1.29 is 4.74 Å². The van der Waals surface area contributed by atoms with Crippen LogP contribution in [0.4, 0.5) is 17.5 Å². The van der Waals surface area contributed by atoms with Gasteiger partial charge in [0, 0.05) is 30.2 Å². The van der Waals surface area contributed by atoms with Gasteiger partial charge in [0.25, 0.3) is 0 Å². The SMILES string of the molecule is Nc1nc(NC2CCCCC2)c2cc(-c3ccc(N4CCOCC4)cc3)ccc2n1. The number of fused-ring (bicyclic) bond motifs is 1. The van der Waals surface area contributed by atoms with E-state index in [-0.39, 0.29) is 0 Å². The molecule has 5 rings (SSSR count). The average molecular weight is 404 g/mol. The number of aromatic nitrogens is 2. The maximum Gasteiger partial charge on any atom is 0.222 e. The van der Waals surface area contributed by atoms with Gasteiger partial charge in [-0.15, -0.1) is 0 Å². The van der Waals surface area contributed by atoms with E-state index in [4.69, 9.17) is 10.5 Å². The Morgan fingerprint density at radius 1 is 0.900 bits per heavy atom. The quantitative estimate of drug-likeness (QED) is 0.670. The van der Waals surface area contributed by atoms with Crippen LogP contribution in [-0.2, 0) is 4.74 Å². The van der Waals surface area contributed by atoms with E-state index in [1.165, 1.54) is 43.4 Å². The Hall–Kier alpha value is -2.86. The summed E-state index contributed by atoms with van der Waals surface area (Å²) in [4.78, 5) is 11.4. The molecule has 0 unspecified atom stereocenters. The lowest BCUT2D eigenvalue weighted by atomic mass is 9.95. The molecule has 2 fully saturated rings. The Bertz CT molecular complexity index is 1010. The number of benzene rings is 2. The third-order valence-electron chi connectivity index (χ3n) is 6.24. The summed E-state index contributed by atoms with van der Waals surface area (Å²) in [5.74, 6) is 1.18. The predicted molar refractivity (Wildman–Crippen MR) is 123 cm³/mol. The molecule has 30 heavy (non-hydrogen) atoms. The summed E-state index contributed by atoms with van der Waals surface area (Å²) < 4.78 is 5.46. The Morgan fingerprint density at radius 2 is 1.63 bits per heavy atom. The van der Waals surface area contributed by atoms with E-state index >= 15 is 0 Å². The smallest absolute Gasteiger partial charge is 0.222 e. The van der Waals surface area contributed by atoms with Crippen molar-refractivity contribution >= 4 is 28.4 Å². The normalized spacial score (nSPS) is 17.9. The zero-order valence-corrected chi connectivity index (χ0v) is 17.3. The molecule has 0 radical (unpaired) electrons. The van der Waals surface area contributed by atoms with Crippen molar-refractivity contribution in [3.8, 4) is 11.1 Å². The minimum atomic E-state index is 0.323. The van der Waals surface area contributed by atoms with Gasteiger partial charge in [-0.1, -0.05) is 37.5 Å². The van der Waals surface area contributed by atoms with E-state index in [0.29, 0.717) is 12.0 Å². The van der Waals surface area contributed by atoms with Crippen LogP contribution in [0.2, 0.25) is 0 Å². The Labute approximate surface area is 177 Å². The van der Waals surface area contributed by atoms with E-state index in [0.717, 1.165) is 48.6 Å². The minimum Gasteiger partial charge on any atom is -0.378 e. The average Bonchev–Trinajstić information content (AvgIpc) is 2.80. The van der Waals surface area contributed by atoms with Crippen LogP contribution in [0, 0.1) is 0 Å². The van der Waals surface area contributed by atoms with Crippen LogP contribution in [0.15, 0.2) is 42.5 Å². The molecule has 3 aromatic rings. The summed E-state index contributed by atoms with van der Waals surface area (Å²) in [5, 5.41) is 4.68. The first-order valence-corrected chi connectivity index (χ1v) is 11.0. The lowest BCUT2D eigenvalue weighted by Crippen LogP contribution is -2.36. The summed E-state index contributed by atoms with van der Waals surface area (Å²) in [7, 11) is 0. The molecule has 1 aliphatic carbocycles. The van der Waals surface area contributed by atoms with Crippen LogP contribution in [0.5, 0.6) is 0 Å². The third kappa shape index (κ3) is 4.05. The molecule has 156 valence electrons. The first kappa shape index (κ1) is 19.1. The molecule has 1 aromatic heterocycles. The van der Waals surface area contributed by atoms with E-state index in [1.54, 1.807) is 0 Å². The zero-order valence-electron chi connectivity index (χ0n) is 17.3. The van der Waals surface area contributed by atoms with Gasteiger partial charge in [-0.2, -0.15) is 4.98 Å². The fraction of sp³-hybridized carbons (Fsp3) is 0.417. The number of nitrogens with zero attached hydrogens (tertiary/aromatic N) is 3. The molecule has 2 aromatic carbocycles. The number of nitrogens with two attached hydrogens (primary N) is 1. The molecule has 1 aliphatic heterocycles. The molecule has 1 saturated heterocycles. The molecule has 0 bridgehead atoms. The first-order chi connectivity index (χ1) is 14.8. The maximum absolute atomic E-state index is 5.99. The topological polar surface area (TPSA) is 76.3 Å². The van der Waals surface area contributed by atoms with Crippen LogP contribution in [-0.4, -0.2) is 42.3 Å². The monoisotopic (exact) mass is 403 g/mol. The van der Waals surface area contributed by atoms with Crippen molar-refractivity contribution in [1.82, 2.24) is 9.97 Å². The van der Waals surface area contributed by atoms with Crippen molar-refractivity contribution in [2.75, 3.05) is 42.3 Å². The van der Waals surface area contributed by atoms with Gasteiger partial charge < -0.3 is 20.7 Å². The molecule has 3 N–H and O–H groups in total. The highest BCUT2D eigenvalue weighted by Gasteiger charge is 2.16. The zero-order chi connectivity index (χ0) is 20.3.